The monoisotopic (exact) mass is 298 g/mol. The van der Waals surface area contributed by atoms with Gasteiger partial charge >= 0.3 is 11.9 Å². The normalized spacial score (nSPS) is 21.0. The predicted octanol–water partition coefficient (Wildman–Crippen LogP) is 1.35. The first kappa shape index (κ1) is 16.2. The second-order valence-corrected chi connectivity index (χ2v) is 5.83. The highest BCUT2D eigenvalue weighted by molar-refractivity contribution is 5.91. The summed E-state index contributed by atoms with van der Waals surface area (Å²) in [7, 11) is 0. The number of carbonyl (C=O) groups excluding carboxylic acids is 2. The number of rotatable bonds is 6. The van der Waals surface area contributed by atoms with E-state index in [2.05, 4.69) is 9.80 Å². The highest BCUT2D eigenvalue weighted by Crippen LogP contribution is 2.09. The molecule has 2 rings (SSSR count). The molecule has 2 aliphatic rings. The molecule has 6 nitrogen and oxygen atoms in total. The van der Waals surface area contributed by atoms with Crippen molar-refractivity contribution in [2.75, 3.05) is 39.6 Å². The van der Waals surface area contributed by atoms with Gasteiger partial charge < -0.3 is 9.47 Å². The fraction of sp³-hybridized carbons (Fsp3) is 0.867. The van der Waals surface area contributed by atoms with Crippen LogP contribution in [0.25, 0.3) is 0 Å². The van der Waals surface area contributed by atoms with E-state index in [9.17, 15) is 9.59 Å². The highest BCUT2D eigenvalue weighted by atomic mass is 16.6. The minimum Gasteiger partial charge on any atom is -0.449 e. The molecule has 2 aliphatic heterocycles. The average molecular weight is 298 g/mol. The van der Waals surface area contributed by atoms with Crippen molar-refractivity contribution in [3.8, 4) is 0 Å². The Labute approximate surface area is 126 Å². The van der Waals surface area contributed by atoms with Gasteiger partial charge in [0.1, 0.15) is 19.9 Å². The Morgan fingerprint density at radius 3 is 1.43 bits per heavy atom. The number of esters is 2. The van der Waals surface area contributed by atoms with E-state index in [-0.39, 0.29) is 19.9 Å². The Bertz CT molecular complexity index is 305. The lowest BCUT2D eigenvalue weighted by atomic mass is 10.1. The molecule has 0 atom stereocenters. The third kappa shape index (κ3) is 6.44. The second kappa shape index (κ2) is 9.00. The van der Waals surface area contributed by atoms with Gasteiger partial charge in [-0.15, -0.1) is 0 Å². The van der Waals surface area contributed by atoms with Gasteiger partial charge in [-0.3, -0.25) is 19.4 Å². The largest absolute Gasteiger partial charge is 0.449 e. The summed E-state index contributed by atoms with van der Waals surface area (Å²) in [6.07, 6.45) is 6.79. The van der Waals surface area contributed by atoms with Crippen LogP contribution in [0, 0.1) is 0 Å². The number of hydrogen-bond donors (Lipinski definition) is 0. The molecular weight excluding hydrogens is 272 g/mol. The van der Waals surface area contributed by atoms with Crippen LogP contribution in [0.3, 0.4) is 0 Å². The Balaban J connectivity index is 1.54. The Kier molecular flexibility index (Phi) is 6.95. The molecule has 0 aliphatic carbocycles. The molecule has 0 aromatic carbocycles. The molecule has 0 amide bonds. The molecule has 6 heteroatoms. The van der Waals surface area contributed by atoms with E-state index in [4.69, 9.17) is 9.47 Å². The molecule has 0 aromatic heterocycles. The van der Waals surface area contributed by atoms with Crippen LogP contribution in [0.5, 0.6) is 0 Å². The van der Waals surface area contributed by atoms with Crippen molar-refractivity contribution in [1.82, 2.24) is 9.80 Å². The number of piperidine rings is 2. The smallest absolute Gasteiger partial charge is 0.318 e. The predicted molar refractivity (Wildman–Crippen MR) is 77.4 cm³/mol. The van der Waals surface area contributed by atoms with Crippen molar-refractivity contribution in [3.05, 3.63) is 0 Å². The Morgan fingerprint density at radius 1 is 0.667 bits per heavy atom. The summed E-state index contributed by atoms with van der Waals surface area (Å²) in [5, 5.41) is 0. The average Bonchev–Trinajstić information content (AvgIpc) is 2.53. The summed E-state index contributed by atoms with van der Waals surface area (Å²) in [5.74, 6) is -0.992. The molecule has 0 aromatic rings. The van der Waals surface area contributed by atoms with Crippen LogP contribution in [-0.4, -0.2) is 61.4 Å². The van der Waals surface area contributed by atoms with E-state index in [1.807, 2.05) is 0 Å². The van der Waals surface area contributed by atoms with E-state index in [0.717, 1.165) is 51.9 Å². The first-order valence-electron chi connectivity index (χ1n) is 8.00. The minimum absolute atomic E-state index is 0.290. The number of hydrogen-bond acceptors (Lipinski definition) is 6. The van der Waals surface area contributed by atoms with Crippen molar-refractivity contribution in [2.24, 2.45) is 0 Å². The zero-order chi connectivity index (χ0) is 14.9. The molecule has 2 fully saturated rings. The van der Waals surface area contributed by atoms with Crippen LogP contribution in [0.2, 0.25) is 0 Å². The molecule has 120 valence electrons. The van der Waals surface area contributed by atoms with Crippen LogP contribution in [0.15, 0.2) is 0 Å². The molecule has 0 N–H and O–H groups in total. The van der Waals surface area contributed by atoms with Gasteiger partial charge in [-0.25, -0.2) is 0 Å². The van der Waals surface area contributed by atoms with E-state index < -0.39 is 11.9 Å². The van der Waals surface area contributed by atoms with Crippen LogP contribution in [-0.2, 0) is 19.1 Å². The molecule has 0 bridgehead atoms. The number of carbonyl (C=O) groups is 2. The van der Waals surface area contributed by atoms with Crippen LogP contribution >= 0.6 is 0 Å². The lowest BCUT2D eigenvalue weighted by molar-refractivity contribution is -0.160. The first-order chi connectivity index (χ1) is 10.2. The number of nitrogens with zero attached hydrogens (tertiary/aromatic N) is 2. The summed E-state index contributed by atoms with van der Waals surface area (Å²) < 4.78 is 10.2. The Morgan fingerprint density at radius 2 is 1.05 bits per heavy atom. The third-order valence-electron chi connectivity index (χ3n) is 4.00. The van der Waals surface area contributed by atoms with E-state index in [1.165, 1.54) is 12.8 Å². The zero-order valence-electron chi connectivity index (χ0n) is 12.7. The lowest BCUT2D eigenvalue weighted by Crippen LogP contribution is -2.34. The van der Waals surface area contributed by atoms with E-state index in [1.54, 1.807) is 0 Å². The summed E-state index contributed by atoms with van der Waals surface area (Å²) >= 11 is 0. The first-order valence-corrected chi connectivity index (χ1v) is 8.00. The summed E-state index contributed by atoms with van der Waals surface area (Å²) in [4.78, 5) is 27.4. The lowest BCUT2D eigenvalue weighted by Gasteiger charge is -2.26. The molecular formula is C15H26N2O4. The SMILES string of the molecule is O=C(CC(=O)OCN1CCCCC1)OCN1CCCCC1. The molecule has 0 radical (unpaired) electrons. The van der Waals surface area contributed by atoms with Gasteiger partial charge in [-0.2, -0.15) is 0 Å². The standard InChI is InChI=1S/C15H26N2O4/c18-14(20-12-16-7-3-1-4-8-16)11-15(19)21-13-17-9-5-2-6-10-17/h1-13H2. The fourth-order valence-electron chi connectivity index (χ4n) is 2.72. The zero-order valence-corrected chi connectivity index (χ0v) is 12.7. The fourth-order valence-corrected chi connectivity index (χ4v) is 2.72. The molecule has 21 heavy (non-hydrogen) atoms. The van der Waals surface area contributed by atoms with Crippen LogP contribution in [0.1, 0.15) is 44.9 Å². The van der Waals surface area contributed by atoms with Crippen molar-refractivity contribution in [2.45, 2.75) is 44.9 Å². The molecule has 0 spiro atoms. The van der Waals surface area contributed by atoms with Gasteiger partial charge in [-0.1, -0.05) is 12.8 Å². The van der Waals surface area contributed by atoms with Crippen LogP contribution in [0.4, 0.5) is 0 Å². The van der Waals surface area contributed by atoms with Gasteiger partial charge in [0.15, 0.2) is 0 Å². The second-order valence-electron chi connectivity index (χ2n) is 5.83. The topological polar surface area (TPSA) is 59.1 Å². The van der Waals surface area contributed by atoms with E-state index >= 15 is 0 Å². The maximum Gasteiger partial charge on any atom is 0.318 e. The molecule has 2 saturated heterocycles. The van der Waals surface area contributed by atoms with E-state index in [0.29, 0.717) is 0 Å². The summed E-state index contributed by atoms with van der Waals surface area (Å²) in [5.41, 5.74) is 0. The molecule has 2 heterocycles. The third-order valence-corrected chi connectivity index (χ3v) is 4.00. The number of likely N-dealkylation sites (tertiary alicyclic amines) is 2. The van der Waals surface area contributed by atoms with Gasteiger partial charge in [0, 0.05) is 26.2 Å². The van der Waals surface area contributed by atoms with Crippen molar-refractivity contribution in [3.63, 3.8) is 0 Å². The minimum atomic E-state index is -0.496. The van der Waals surface area contributed by atoms with Crippen molar-refractivity contribution >= 4 is 11.9 Å². The van der Waals surface area contributed by atoms with Crippen molar-refractivity contribution < 1.29 is 19.1 Å². The quantitative estimate of drug-likeness (QED) is 0.545. The van der Waals surface area contributed by atoms with Crippen molar-refractivity contribution in [1.29, 1.82) is 0 Å². The van der Waals surface area contributed by atoms with Gasteiger partial charge in [-0.05, 0) is 25.7 Å². The maximum absolute atomic E-state index is 11.6. The number of ether oxygens (including phenoxy) is 2. The summed E-state index contributed by atoms with van der Waals surface area (Å²) in [6.45, 7) is 4.44. The highest BCUT2D eigenvalue weighted by Gasteiger charge is 2.17. The van der Waals surface area contributed by atoms with Crippen LogP contribution < -0.4 is 0 Å². The molecule has 0 saturated carbocycles. The molecule has 0 unspecified atom stereocenters. The van der Waals surface area contributed by atoms with Gasteiger partial charge in [0.2, 0.25) is 0 Å². The van der Waals surface area contributed by atoms with Gasteiger partial charge in [0.05, 0.1) is 0 Å². The van der Waals surface area contributed by atoms with Gasteiger partial charge in [0.25, 0.3) is 0 Å². The summed E-state index contributed by atoms with van der Waals surface area (Å²) in [6, 6.07) is 0. The maximum atomic E-state index is 11.6. The Hall–Kier alpha value is -1.14.